The summed E-state index contributed by atoms with van der Waals surface area (Å²) in [6.45, 7) is 4.20. The summed E-state index contributed by atoms with van der Waals surface area (Å²) in [5, 5.41) is 33.1. The van der Waals surface area contributed by atoms with Crippen molar-refractivity contribution in [3.05, 3.63) is 24.3 Å². The highest BCUT2D eigenvalue weighted by Gasteiger charge is 2.20. The fraction of sp³-hybridized carbons (Fsp3) is 0.889. The lowest BCUT2D eigenvalue weighted by atomic mass is 10.0. The molecule has 0 spiro atoms. The summed E-state index contributed by atoms with van der Waals surface area (Å²) in [4.78, 5) is 12.4. The lowest BCUT2D eigenvalue weighted by Gasteiger charge is -2.21. The summed E-state index contributed by atoms with van der Waals surface area (Å²) in [7, 11) is 0. The Bertz CT molecular complexity index is 739. The quantitative estimate of drug-likeness (QED) is 0.0377. The summed E-state index contributed by atoms with van der Waals surface area (Å²) in [6.07, 6.45) is 49.0. The molecular formula is C45H87NO4. The van der Waals surface area contributed by atoms with Crippen LogP contribution in [-0.2, 0) is 4.79 Å². The van der Waals surface area contributed by atoms with Gasteiger partial charge < -0.3 is 20.6 Å². The van der Waals surface area contributed by atoms with E-state index in [2.05, 4.69) is 31.3 Å². The molecule has 296 valence electrons. The Hall–Kier alpha value is -1.17. The van der Waals surface area contributed by atoms with E-state index in [-0.39, 0.29) is 18.9 Å². The predicted octanol–water partition coefficient (Wildman–Crippen LogP) is 12.6. The largest absolute Gasteiger partial charge is 0.394 e. The highest BCUT2D eigenvalue weighted by Crippen LogP contribution is 2.15. The molecule has 0 aromatic carbocycles. The molecule has 0 saturated heterocycles. The summed E-state index contributed by atoms with van der Waals surface area (Å²) in [5.74, 6) is -0.317. The molecule has 50 heavy (non-hydrogen) atoms. The van der Waals surface area contributed by atoms with Crippen molar-refractivity contribution in [2.24, 2.45) is 0 Å². The fourth-order valence-corrected chi connectivity index (χ4v) is 6.81. The van der Waals surface area contributed by atoms with E-state index in [9.17, 15) is 20.1 Å². The van der Waals surface area contributed by atoms with Gasteiger partial charge in [-0.15, -0.1) is 0 Å². The zero-order valence-electron chi connectivity index (χ0n) is 33.5. The molecule has 0 fully saturated rings. The summed E-state index contributed by atoms with van der Waals surface area (Å²) < 4.78 is 0. The first kappa shape index (κ1) is 48.8. The Balaban J connectivity index is 3.59. The average Bonchev–Trinajstić information content (AvgIpc) is 3.11. The molecule has 0 radical (unpaired) electrons. The molecular weight excluding hydrogens is 618 g/mol. The van der Waals surface area contributed by atoms with Crippen LogP contribution in [0, 0.1) is 0 Å². The van der Waals surface area contributed by atoms with Crippen LogP contribution in [0.15, 0.2) is 24.3 Å². The molecule has 3 unspecified atom stereocenters. The number of amides is 1. The molecule has 0 aromatic heterocycles. The smallest absolute Gasteiger partial charge is 0.222 e. The third-order valence-electron chi connectivity index (χ3n) is 10.2. The van der Waals surface area contributed by atoms with Crippen LogP contribution in [0.1, 0.15) is 232 Å². The number of hydrogen-bond donors (Lipinski definition) is 4. The van der Waals surface area contributed by atoms with Gasteiger partial charge in [-0.1, -0.05) is 205 Å². The van der Waals surface area contributed by atoms with Gasteiger partial charge in [-0.05, 0) is 44.9 Å². The van der Waals surface area contributed by atoms with E-state index < -0.39 is 18.2 Å². The Labute approximate surface area is 312 Å². The van der Waals surface area contributed by atoms with Crippen molar-refractivity contribution in [2.45, 2.75) is 250 Å². The fourth-order valence-electron chi connectivity index (χ4n) is 6.81. The number of aliphatic hydroxyl groups excluding tert-OH is 3. The van der Waals surface area contributed by atoms with E-state index in [0.29, 0.717) is 6.42 Å². The topological polar surface area (TPSA) is 89.8 Å². The van der Waals surface area contributed by atoms with E-state index >= 15 is 0 Å². The van der Waals surface area contributed by atoms with E-state index in [1.165, 1.54) is 180 Å². The summed E-state index contributed by atoms with van der Waals surface area (Å²) in [6, 6.07) is -0.742. The second-order valence-corrected chi connectivity index (χ2v) is 15.3. The maximum atomic E-state index is 12.4. The van der Waals surface area contributed by atoms with Crippen molar-refractivity contribution in [3.63, 3.8) is 0 Å². The molecule has 0 heterocycles. The van der Waals surface area contributed by atoms with E-state index in [1.807, 2.05) is 6.08 Å². The van der Waals surface area contributed by atoms with Crippen LogP contribution in [0.5, 0.6) is 0 Å². The van der Waals surface area contributed by atoms with E-state index in [4.69, 9.17) is 0 Å². The Morgan fingerprint density at radius 3 is 1.22 bits per heavy atom. The van der Waals surface area contributed by atoms with Crippen molar-refractivity contribution in [2.75, 3.05) is 6.61 Å². The monoisotopic (exact) mass is 706 g/mol. The first-order chi connectivity index (χ1) is 24.5. The lowest BCUT2D eigenvalue weighted by Crippen LogP contribution is -2.45. The van der Waals surface area contributed by atoms with Crippen molar-refractivity contribution >= 4 is 5.91 Å². The second-order valence-electron chi connectivity index (χ2n) is 15.3. The van der Waals surface area contributed by atoms with Crippen molar-refractivity contribution in [3.8, 4) is 0 Å². The van der Waals surface area contributed by atoms with E-state index in [1.54, 1.807) is 6.08 Å². The van der Waals surface area contributed by atoms with Crippen molar-refractivity contribution in [1.82, 2.24) is 5.32 Å². The van der Waals surface area contributed by atoms with Crippen LogP contribution < -0.4 is 5.32 Å². The first-order valence-corrected chi connectivity index (χ1v) is 22.1. The minimum atomic E-state index is -0.926. The summed E-state index contributed by atoms with van der Waals surface area (Å²) >= 11 is 0. The molecule has 5 heteroatoms. The van der Waals surface area contributed by atoms with Gasteiger partial charge >= 0.3 is 0 Å². The maximum Gasteiger partial charge on any atom is 0.222 e. The van der Waals surface area contributed by atoms with Gasteiger partial charge in [0, 0.05) is 0 Å². The third kappa shape index (κ3) is 36.6. The molecule has 0 aliphatic heterocycles. The molecule has 0 aliphatic carbocycles. The zero-order valence-corrected chi connectivity index (χ0v) is 33.5. The Morgan fingerprint density at radius 1 is 0.500 bits per heavy atom. The number of rotatable bonds is 40. The van der Waals surface area contributed by atoms with Gasteiger partial charge in [-0.3, -0.25) is 4.79 Å². The van der Waals surface area contributed by atoms with Crippen LogP contribution in [0.25, 0.3) is 0 Å². The number of hydrogen-bond acceptors (Lipinski definition) is 4. The first-order valence-electron chi connectivity index (χ1n) is 22.1. The van der Waals surface area contributed by atoms with Gasteiger partial charge in [0.1, 0.15) is 0 Å². The second kappa shape index (κ2) is 40.6. The zero-order chi connectivity index (χ0) is 36.6. The van der Waals surface area contributed by atoms with Crippen LogP contribution in [0.2, 0.25) is 0 Å². The molecule has 4 N–H and O–H groups in total. The summed E-state index contributed by atoms with van der Waals surface area (Å²) in [5.41, 5.74) is 0. The van der Waals surface area contributed by atoms with Crippen LogP contribution in [0.3, 0.4) is 0 Å². The molecule has 0 bridgehead atoms. The standard InChI is InChI=1S/C45H87NO4/c1-3-5-7-9-11-13-15-16-17-18-19-20-21-22-23-24-25-26-27-29-30-32-34-36-38-42(48)40-45(50)46-43(41-47)44(49)39-37-35-33-31-28-14-12-10-8-6-4-2/h22-23,37,39,42-44,47-49H,3-21,24-36,38,40-41H2,1-2H3,(H,46,50)/b23-22-,39-37+. The number of carbonyl (C=O) groups is 1. The van der Waals surface area contributed by atoms with Gasteiger partial charge in [-0.25, -0.2) is 0 Å². The highest BCUT2D eigenvalue weighted by molar-refractivity contribution is 5.76. The average molecular weight is 706 g/mol. The van der Waals surface area contributed by atoms with Crippen molar-refractivity contribution < 1.29 is 20.1 Å². The van der Waals surface area contributed by atoms with Crippen LogP contribution >= 0.6 is 0 Å². The van der Waals surface area contributed by atoms with E-state index in [0.717, 1.165) is 25.7 Å². The highest BCUT2D eigenvalue weighted by atomic mass is 16.3. The molecule has 1 amide bonds. The maximum absolute atomic E-state index is 12.4. The van der Waals surface area contributed by atoms with Gasteiger partial charge in [-0.2, -0.15) is 0 Å². The van der Waals surface area contributed by atoms with Crippen molar-refractivity contribution in [1.29, 1.82) is 0 Å². The minimum absolute atomic E-state index is 0.0131. The Kier molecular flexibility index (Phi) is 39.6. The lowest BCUT2D eigenvalue weighted by molar-refractivity contribution is -0.124. The number of carbonyl (C=O) groups excluding carboxylic acids is 1. The van der Waals surface area contributed by atoms with Gasteiger partial charge in [0.15, 0.2) is 0 Å². The van der Waals surface area contributed by atoms with Crippen LogP contribution in [0.4, 0.5) is 0 Å². The molecule has 0 rings (SSSR count). The van der Waals surface area contributed by atoms with Gasteiger partial charge in [0.05, 0.1) is 31.3 Å². The molecule has 5 nitrogen and oxygen atoms in total. The minimum Gasteiger partial charge on any atom is -0.394 e. The molecule has 0 aromatic rings. The molecule has 0 aliphatic rings. The SMILES string of the molecule is CCCCCCCCCCC/C=C/C(O)C(CO)NC(=O)CC(O)CCCCCCCCCC/C=C\CCCCCCCCCCCCCC. The number of aliphatic hydroxyl groups is 3. The third-order valence-corrected chi connectivity index (χ3v) is 10.2. The normalized spacial score (nSPS) is 13.8. The number of nitrogens with one attached hydrogen (secondary N) is 1. The number of allylic oxidation sites excluding steroid dienone is 3. The van der Waals surface area contributed by atoms with Gasteiger partial charge in [0.2, 0.25) is 5.91 Å². The van der Waals surface area contributed by atoms with Gasteiger partial charge in [0.25, 0.3) is 0 Å². The predicted molar refractivity (Wildman–Crippen MR) is 218 cm³/mol. The van der Waals surface area contributed by atoms with Crippen LogP contribution in [-0.4, -0.2) is 46.1 Å². The Morgan fingerprint density at radius 2 is 0.840 bits per heavy atom. The molecule has 3 atom stereocenters. The number of unbranched alkanes of at least 4 members (excludes halogenated alkanes) is 29. The molecule has 0 saturated carbocycles.